The Morgan fingerprint density at radius 2 is 1.53 bits per heavy atom. The Kier molecular flexibility index (Phi) is 6.04. The fourth-order valence-corrected chi connectivity index (χ4v) is 4.64. The average molecular weight is 517 g/mol. The molecule has 0 bridgehead atoms. The summed E-state index contributed by atoms with van der Waals surface area (Å²) in [5.41, 5.74) is 0.458. The van der Waals surface area contributed by atoms with Crippen molar-refractivity contribution in [3.63, 3.8) is 0 Å². The number of halogens is 3. The quantitative estimate of drug-likeness (QED) is 0.378. The van der Waals surface area contributed by atoms with Gasteiger partial charge >= 0.3 is 6.18 Å². The van der Waals surface area contributed by atoms with Crippen LogP contribution in [-0.4, -0.2) is 31.6 Å². The van der Waals surface area contributed by atoms with E-state index in [1.165, 1.54) is 30.3 Å². The molecular formula is C24H19F3N4O4S. The molecule has 8 nitrogen and oxygen atoms in total. The molecule has 1 aliphatic rings. The first-order valence-corrected chi connectivity index (χ1v) is 12.3. The van der Waals surface area contributed by atoms with Crippen LogP contribution in [0.15, 0.2) is 71.6 Å². The van der Waals surface area contributed by atoms with Gasteiger partial charge in [-0.25, -0.2) is 18.4 Å². The minimum Gasteiger partial charge on any atom is -0.486 e. The van der Waals surface area contributed by atoms with Gasteiger partial charge in [0.1, 0.15) is 13.2 Å². The Hall–Kier alpha value is -4.06. The average Bonchev–Trinajstić information content (AvgIpc) is 2.86. The molecule has 1 aliphatic heterocycles. The maximum atomic E-state index is 13.2. The molecule has 36 heavy (non-hydrogen) atoms. The van der Waals surface area contributed by atoms with Gasteiger partial charge in [0.2, 0.25) is 0 Å². The number of alkyl halides is 3. The summed E-state index contributed by atoms with van der Waals surface area (Å²) in [5, 5.41) is 2.91. The molecule has 0 saturated heterocycles. The number of benzene rings is 3. The van der Waals surface area contributed by atoms with E-state index >= 15 is 0 Å². The van der Waals surface area contributed by atoms with Crippen molar-refractivity contribution in [2.45, 2.75) is 17.6 Å². The largest absolute Gasteiger partial charge is 0.486 e. The zero-order chi connectivity index (χ0) is 25.3. The number of anilines is 2. The van der Waals surface area contributed by atoms with E-state index in [2.05, 4.69) is 20.0 Å². The van der Waals surface area contributed by atoms with Crippen LogP contribution < -0.4 is 19.5 Å². The monoisotopic (exact) mass is 516 g/mol. The standard InChI is InChI=1S/C24H19F3N4O4S/c25-24(26,27)16-5-3-4-15(12-16)14-28-22-23(30-19-7-2-1-6-18(19)29-22)31-36(32,33)17-8-9-20-21(13-17)35-11-10-34-20/h1-9,12-13H,10-11,14H2,(H,28,29)(H,30,31). The third-order valence-corrected chi connectivity index (χ3v) is 6.68. The number of aromatic nitrogens is 2. The van der Waals surface area contributed by atoms with Crippen LogP contribution in [0.2, 0.25) is 0 Å². The van der Waals surface area contributed by atoms with E-state index in [1.54, 1.807) is 24.3 Å². The van der Waals surface area contributed by atoms with Crippen LogP contribution in [0.25, 0.3) is 11.0 Å². The summed E-state index contributed by atoms with van der Waals surface area (Å²) in [4.78, 5) is 8.76. The van der Waals surface area contributed by atoms with Gasteiger partial charge in [0.15, 0.2) is 23.1 Å². The zero-order valence-corrected chi connectivity index (χ0v) is 19.4. The molecule has 0 unspecified atom stereocenters. The molecule has 0 amide bonds. The van der Waals surface area contributed by atoms with Crippen LogP contribution in [0.3, 0.4) is 0 Å². The molecule has 186 valence electrons. The molecule has 0 aliphatic carbocycles. The lowest BCUT2D eigenvalue weighted by molar-refractivity contribution is -0.137. The highest BCUT2D eigenvalue weighted by molar-refractivity contribution is 7.92. The van der Waals surface area contributed by atoms with Gasteiger partial charge in [-0.1, -0.05) is 24.3 Å². The second-order valence-corrected chi connectivity index (χ2v) is 9.55. The molecule has 12 heteroatoms. The lowest BCUT2D eigenvalue weighted by Crippen LogP contribution is -2.18. The Labute approximate surface area is 204 Å². The second kappa shape index (κ2) is 9.19. The fraction of sp³-hybridized carbons (Fsp3) is 0.167. The van der Waals surface area contributed by atoms with Gasteiger partial charge in [0, 0.05) is 12.6 Å². The minimum absolute atomic E-state index is 0.0459. The first kappa shape index (κ1) is 23.7. The topological polar surface area (TPSA) is 102 Å². The first-order chi connectivity index (χ1) is 17.2. The van der Waals surface area contributed by atoms with Gasteiger partial charge in [-0.15, -0.1) is 0 Å². The van der Waals surface area contributed by atoms with E-state index in [4.69, 9.17) is 9.47 Å². The van der Waals surface area contributed by atoms with Crippen molar-refractivity contribution in [1.82, 2.24) is 9.97 Å². The predicted octanol–water partition coefficient (Wildman–Crippen LogP) is 4.83. The van der Waals surface area contributed by atoms with Gasteiger partial charge in [0.25, 0.3) is 10.0 Å². The minimum atomic E-state index is -4.48. The van der Waals surface area contributed by atoms with E-state index in [-0.39, 0.29) is 23.1 Å². The molecule has 5 rings (SSSR count). The highest BCUT2D eigenvalue weighted by Gasteiger charge is 2.30. The number of para-hydroxylation sites is 2. The van der Waals surface area contributed by atoms with Crippen molar-refractivity contribution >= 4 is 32.7 Å². The Morgan fingerprint density at radius 3 is 2.25 bits per heavy atom. The molecule has 0 atom stereocenters. The van der Waals surface area contributed by atoms with Crippen molar-refractivity contribution in [2.75, 3.05) is 23.3 Å². The normalized spacial score (nSPS) is 13.4. The summed E-state index contributed by atoms with van der Waals surface area (Å²) in [6.45, 7) is 0.615. The molecule has 1 aromatic heterocycles. The number of hydrogen-bond donors (Lipinski definition) is 2. The summed E-state index contributed by atoms with van der Waals surface area (Å²) >= 11 is 0. The third-order valence-electron chi connectivity index (χ3n) is 5.34. The van der Waals surface area contributed by atoms with Gasteiger partial charge in [-0.3, -0.25) is 4.72 Å². The maximum absolute atomic E-state index is 13.2. The summed E-state index contributed by atoms with van der Waals surface area (Å²) in [7, 11) is -4.12. The van der Waals surface area contributed by atoms with Gasteiger partial charge in [-0.05, 0) is 42.0 Å². The molecule has 2 heterocycles. The summed E-state index contributed by atoms with van der Waals surface area (Å²) < 4.78 is 79.0. The van der Waals surface area contributed by atoms with Crippen molar-refractivity contribution in [2.24, 2.45) is 0 Å². The smallest absolute Gasteiger partial charge is 0.416 e. The van der Waals surface area contributed by atoms with Gasteiger partial charge < -0.3 is 14.8 Å². The Balaban J connectivity index is 1.46. The predicted molar refractivity (Wildman–Crippen MR) is 127 cm³/mol. The maximum Gasteiger partial charge on any atom is 0.416 e. The number of sulfonamides is 1. The van der Waals surface area contributed by atoms with E-state index in [0.717, 1.165) is 12.1 Å². The first-order valence-electron chi connectivity index (χ1n) is 10.8. The van der Waals surface area contributed by atoms with Crippen molar-refractivity contribution in [3.05, 3.63) is 77.9 Å². The number of fused-ring (bicyclic) bond motifs is 2. The van der Waals surface area contributed by atoms with Crippen LogP contribution >= 0.6 is 0 Å². The van der Waals surface area contributed by atoms with Crippen LogP contribution in [0.4, 0.5) is 24.8 Å². The van der Waals surface area contributed by atoms with Crippen LogP contribution in [0.1, 0.15) is 11.1 Å². The lowest BCUT2D eigenvalue weighted by Gasteiger charge is -2.19. The molecule has 3 aromatic carbocycles. The van der Waals surface area contributed by atoms with E-state index in [9.17, 15) is 21.6 Å². The SMILES string of the molecule is O=S(=O)(Nc1nc2ccccc2nc1NCc1cccc(C(F)(F)F)c1)c1ccc2c(c1)OCCO2. The lowest BCUT2D eigenvalue weighted by atomic mass is 10.1. The molecule has 0 saturated carbocycles. The van der Waals surface area contributed by atoms with Crippen molar-refractivity contribution in [1.29, 1.82) is 0 Å². The third kappa shape index (κ3) is 4.98. The molecule has 0 fully saturated rings. The van der Waals surface area contributed by atoms with Gasteiger partial charge in [-0.2, -0.15) is 13.2 Å². The number of nitrogens with one attached hydrogen (secondary N) is 2. The van der Waals surface area contributed by atoms with Gasteiger partial charge in [0.05, 0.1) is 21.5 Å². The van der Waals surface area contributed by atoms with Crippen LogP contribution in [0.5, 0.6) is 11.5 Å². The molecular weight excluding hydrogens is 497 g/mol. The van der Waals surface area contributed by atoms with Crippen LogP contribution in [0, 0.1) is 0 Å². The van der Waals surface area contributed by atoms with E-state index in [1.807, 2.05) is 0 Å². The summed E-state index contributed by atoms with van der Waals surface area (Å²) in [5.74, 6) is 0.702. The van der Waals surface area contributed by atoms with Crippen LogP contribution in [-0.2, 0) is 22.7 Å². The fourth-order valence-electron chi connectivity index (χ4n) is 3.61. The zero-order valence-electron chi connectivity index (χ0n) is 18.5. The van der Waals surface area contributed by atoms with Crippen molar-refractivity contribution < 1.29 is 31.1 Å². The molecule has 2 N–H and O–H groups in total. The Bertz CT molecular complexity index is 1540. The second-order valence-electron chi connectivity index (χ2n) is 7.87. The molecule has 4 aromatic rings. The highest BCUT2D eigenvalue weighted by atomic mass is 32.2. The van der Waals surface area contributed by atoms with E-state index < -0.39 is 21.8 Å². The number of nitrogens with zero attached hydrogens (tertiary/aromatic N) is 2. The number of hydrogen-bond acceptors (Lipinski definition) is 7. The Morgan fingerprint density at radius 1 is 0.833 bits per heavy atom. The van der Waals surface area contributed by atoms with E-state index in [0.29, 0.717) is 41.3 Å². The van der Waals surface area contributed by atoms with Crippen molar-refractivity contribution in [3.8, 4) is 11.5 Å². The summed E-state index contributed by atoms with van der Waals surface area (Å²) in [6.07, 6.45) is -4.48. The summed E-state index contributed by atoms with van der Waals surface area (Å²) in [6, 6.07) is 15.9. The highest BCUT2D eigenvalue weighted by Crippen LogP contribution is 2.34. The molecule has 0 radical (unpaired) electrons. The number of rotatable bonds is 6. The molecule has 0 spiro atoms. The number of ether oxygens (including phenoxy) is 2.